The maximum absolute atomic E-state index is 13.2. The summed E-state index contributed by atoms with van der Waals surface area (Å²) in [6.07, 6.45) is 0.0883. The van der Waals surface area contributed by atoms with Gasteiger partial charge in [-0.25, -0.2) is 8.42 Å². The summed E-state index contributed by atoms with van der Waals surface area (Å²) in [6.45, 7) is 0.0605. The lowest BCUT2D eigenvalue weighted by molar-refractivity contribution is 0.0982. The molecule has 0 atom stereocenters. The van der Waals surface area contributed by atoms with E-state index in [0.717, 1.165) is 0 Å². The van der Waals surface area contributed by atoms with Gasteiger partial charge in [0.05, 0.1) is 19.9 Å². The van der Waals surface area contributed by atoms with E-state index < -0.39 is 10.0 Å². The van der Waals surface area contributed by atoms with Crippen molar-refractivity contribution in [2.45, 2.75) is 11.3 Å². The average Bonchev–Trinajstić information content (AvgIpc) is 2.61. The fraction of sp³-hybridized carbons (Fsp3) is 0.235. The number of ketones is 1. The summed E-state index contributed by atoms with van der Waals surface area (Å²) in [5.41, 5.74) is 0.619. The van der Waals surface area contributed by atoms with E-state index in [-0.39, 0.29) is 29.4 Å². The highest BCUT2D eigenvalue weighted by Crippen LogP contribution is 2.37. The van der Waals surface area contributed by atoms with Gasteiger partial charge in [-0.1, -0.05) is 11.6 Å². The quantitative estimate of drug-likeness (QED) is 0.813. The number of methoxy groups -OCH3 is 2. The van der Waals surface area contributed by atoms with Crippen molar-refractivity contribution in [2.24, 2.45) is 0 Å². The third kappa shape index (κ3) is 3.05. The number of benzene rings is 2. The van der Waals surface area contributed by atoms with Gasteiger partial charge in [0.15, 0.2) is 5.78 Å². The van der Waals surface area contributed by atoms with Crippen molar-refractivity contribution in [2.75, 3.05) is 25.1 Å². The van der Waals surface area contributed by atoms with Gasteiger partial charge in [0.25, 0.3) is 10.0 Å². The second kappa shape index (κ2) is 6.57. The number of carbonyl (C=O) groups excluding carboxylic acids is 1. The lowest BCUT2D eigenvalue weighted by Gasteiger charge is -2.30. The molecule has 0 saturated heterocycles. The molecular formula is C17H16ClNO5S. The zero-order valence-electron chi connectivity index (χ0n) is 13.7. The van der Waals surface area contributed by atoms with Gasteiger partial charge in [-0.2, -0.15) is 0 Å². The molecule has 132 valence electrons. The predicted octanol–water partition coefficient (Wildman–Crippen LogP) is 3.14. The van der Waals surface area contributed by atoms with E-state index >= 15 is 0 Å². The molecule has 0 N–H and O–H groups in total. The maximum atomic E-state index is 13.2. The van der Waals surface area contributed by atoms with Crippen molar-refractivity contribution in [3.8, 4) is 11.5 Å². The number of ether oxygens (including phenoxy) is 2. The molecule has 2 aromatic rings. The molecule has 3 rings (SSSR count). The summed E-state index contributed by atoms with van der Waals surface area (Å²) in [6, 6.07) is 9.08. The van der Waals surface area contributed by atoms with Crippen molar-refractivity contribution in [3.05, 3.63) is 47.0 Å². The molecule has 1 aliphatic heterocycles. The van der Waals surface area contributed by atoms with Crippen LogP contribution in [0.2, 0.25) is 5.02 Å². The van der Waals surface area contributed by atoms with Crippen molar-refractivity contribution < 1.29 is 22.7 Å². The van der Waals surface area contributed by atoms with Crippen LogP contribution in [-0.4, -0.2) is 35.0 Å². The average molecular weight is 382 g/mol. The number of halogens is 1. The molecule has 0 radical (unpaired) electrons. The number of sulfonamides is 1. The standard InChI is InChI=1S/C17H16ClNO5S/c1-23-12-4-6-17(16(10-12)24-2)25(21,22)19-8-7-15(20)13-9-11(18)3-5-14(13)19/h3-6,9-10H,7-8H2,1-2H3. The van der Waals surface area contributed by atoms with Crippen molar-refractivity contribution in [3.63, 3.8) is 0 Å². The number of fused-ring (bicyclic) bond motifs is 1. The van der Waals surface area contributed by atoms with Crippen LogP contribution >= 0.6 is 11.6 Å². The molecule has 0 saturated carbocycles. The van der Waals surface area contributed by atoms with Crippen LogP contribution < -0.4 is 13.8 Å². The molecule has 1 heterocycles. The summed E-state index contributed by atoms with van der Waals surface area (Å²) in [7, 11) is -1.05. The highest BCUT2D eigenvalue weighted by Gasteiger charge is 2.34. The largest absolute Gasteiger partial charge is 0.497 e. The van der Waals surface area contributed by atoms with Gasteiger partial charge in [0.1, 0.15) is 16.4 Å². The first-order valence-electron chi connectivity index (χ1n) is 7.46. The zero-order valence-corrected chi connectivity index (χ0v) is 15.2. The molecule has 0 aromatic heterocycles. The van der Waals surface area contributed by atoms with E-state index in [0.29, 0.717) is 22.0 Å². The highest BCUT2D eigenvalue weighted by atomic mass is 35.5. The van der Waals surface area contributed by atoms with E-state index in [1.165, 1.54) is 36.7 Å². The zero-order chi connectivity index (χ0) is 18.2. The van der Waals surface area contributed by atoms with E-state index in [1.54, 1.807) is 18.2 Å². The minimum absolute atomic E-state index is 0.00560. The third-order valence-corrected chi connectivity index (χ3v) is 6.10. The molecule has 25 heavy (non-hydrogen) atoms. The van der Waals surface area contributed by atoms with Crippen LogP contribution in [0.1, 0.15) is 16.8 Å². The summed E-state index contributed by atoms with van der Waals surface area (Å²) in [5, 5.41) is 0.383. The fourth-order valence-electron chi connectivity index (χ4n) is 2.76. The number of nitrogens with zero attached hydrogens (tertiary/aromatic N) is 1. The monoisotopic (exact) mass is 381 g/mol. The Morgan fingerprint density at radius 3 is 2.52 bits per heavy atom. The molecule has 1 aliphatic rings. The molecule has 0 spiro atoms. The number of rotatable bonds is 4. The first-order valence-corrected chi connectivity index (χ1v) is 9.28. The Bertz CT molecular complexity index is 942. The first-order chi connectivity index (χ1) is 11.9. The van der Waals surface area contributed by atoms with E-state index in [4.69, 9.17) is 21.1 Å². The topological polar surface area (TPSA) is 72.9 Å². The SMILES string of the molecule is COc1ccc(S(=O)(=O)N2CCC(=O)c3cc(Cl)ccc32)c(OC)c1. The number of hydrogen-bond donors (Lipinski definition) is 0. The first kappa shape index (κ1) is 17.6. The van der Waals surface area contributed by atoms with Gasteiger partial charge in [0.2, 0.25) is 0 Å². The minimum Gasteiger partial charge on any atom is -0.497 e. The summed E-state index contributed by atoms with van der Waals surface area (Å²) >= 11 is 5.95. The highest BCUT2D eigenvalue weighted by molar-refractivity contribution is 7.93. The van der Waals surface area contributed by atoms with Gasteiger partial charge >= 0.3 is 0 Å². The lowest BCUT2D eigenvalue weighted by atomic mass is 10.0. The van der Waals surface area contributed by atoms with Crippen LogP contribution in [0.25, 0.3) is 0 Å². The van der Waals surface area contributed by atoms with Crippen LogP contribution in [0.4, 0.5) is 5.69 Å². The van der Waals surface area contributed by atoms with E-state index in [9.17, 15) is 13.2 Å². The smallest absolute Gasteiger partial charge is 0.268 e. The van der Waals surface area contributed by atoms with Crippen LogP contribution in [0.3, 0.4) is 0 Å². The molecule has 0 amide bonds. The summed E-state index contributed by atoms with van der Waals surface area (Å²) in [4.78, 5) is 12.1. The molecule has 0 aliphatic carbocycles. The molecule has 2 aromatic carbocycles. The van der Waals surface area contributed by atoms with Gasteiger partial charge in [-0.3, -0.25) is 9.10 Å². The maximum Gasteiger partial charge on any atom is 0.268 e. The predicted molar refractivity (Wildman–Crippen MR) is 94.5 cm³/mol. The fourth-order valence-corrected chi connectivity index (χ4v) is 4.56. The van der Waals surface area contributed by atoms with Crippen LogP contribution in [0.15, 0.2) is 41.3 Å². The van der Waals surface area contributed by atoms with E-state index in [1.807, 2.05) is 0 Å². The Labute approximate surface area is 151 Å². The van der Waals surface area contributed by atoms with E-state index in [2.05, 4.69) is 0 Å². The van der Waals surface area contributed by atoms with Gasteiger partial charge < -0.3 is 9.47 Å². The molecular weight excluding hydrogens is 366 g/mol. The van der Waals surface area contributed by atoms with Gasteiger partial charge in [-0.15, -0.1) is 0 Å². The summed E-state index contributed by atoms with van der Waals surface area (Å²) < 4.78 is 37.9. The third-order valence-electron chi connectivity index (χ3n) is 4.01. The number of hydrogen-bond acceptors (Lipinski definition) is 5. The second-order valence-electron chi connectivity index (χ2n) is 5.43. The molecule has 6 nitrogen and oxygen atoms in total. The lowest BCUT2D eigenvalue weighted by Crippen LogP contribution is -2.37. The Hall–Kier alpha value is -2.25. The molecule has 8 heteroatoms. The second-order valence-corrected chi connectivity index (χ2v) is 7.70. The Morgan fingerprint density at radius 1 is 1.08 bits per heavy atom. The van der Waals surface area contributed by atoms with Gasteiger partial charge in [0, 0.05) is 29.6 Å². The molecule has 0 bridgehead atoms. The van der Waals surface area contributed by atoms with Crippen molar-refractivity contribution >= 4 is 33.1 Å². The Kier molecular flexibility index (Phi) is 4.62. The summed E-state index contributed by atoms with van der Waals surface area (Å²) in [5.74, 6) is 0.522. The normalized spacial score (nSPS) is 14.2. The minimum atomic E-state index is -3.92. The molecule has 0 fully saturated rings. The van der Waals surface area contributed by atoms with Crippen LogP contribution in [-0.2, 0) is 10.0 Å². The number of anilines is 1. The van der Waals surface area contributed by atoms with Gasteiger partial charge in [-0.05, 0) is 30.3 Å². The van der Waals surface area contributed by atoms with Crippen LogP contribution in [0.5, 0.6) is 11.5 Å². The van der Waals surface area contributed by atoms with Crippen molar-refractivity contribution in [1.29, 1.82) is 0 Å². The Morgan fingerprint density at radius 2 is 1.84 bits per heavy atom. The Balaban J connectivity index is 2.14. The van der Waals surface area contributed by atoms with Crippen LogP contribution in [0, 0.1) is 0 Å². The number of carbonyl (C=O) groups is 1. The number of Topliss-reactive ketones (excluding diaryl/α,β-unsaturated/α-hetero) is 1. The van der Waals surface area contributed by atoms with Crippen molar-refractivity contribution in [1.82, 2.24) is 0 Å². The molecule has 0 unspecified atom stereocenters.